The van der Waals surface area contributed by atoms with Crippen LogP contribution in [-0.2, 0) is 17.6 Å². The number of amides is 1. The van der Waals surface area contributed by atoms with Crippen molar-refractivity contribution >= 4 is 16.7 Å². The van der Waals surface area contributed by atoms with Crippen LogP contribution in [0, 0.1) is 0 Å². The van der Waals surface area contributed by atoms with E-state index in [1.807, 2.05) is 11.9 Å². The molecular weight excluding hydrogens is 356 g/mol. The molecule has 0 spiro atoms. The summed E-state index contributed by atoms with van der Waals surface area (Å²) in [6.45, 7) is 2.31. The first-order valence-corrected chi connectivity index (χ1v) is 10.8. The fraction of sp³-hybridized carbons (Fsp3) is 0.346. The van der Waals surface area contributed by atoms with Gasteiger partial charge >= 0.3 is 0 Å². The molecule has 0 radical (unpaired) electrons. The standard InChI is InChI=1S/C26H28N2O/c1-27(25(29)17-19-12-13-20-8-2-3-9-21(20)16-19)26-23-11-5-4-10-22(23)18-24(26)28-14-6-7-15-28/h2-5,8-13,16,24,26H,6-7,14-15,17-18H2,1H3. The van der Waals surface area contributed by atoms with Crippen molar-refractivity contribution in [3.05, 3.63) is 83.4 Å². The van der Waals surface area contributed by atoms with Crippen molar-refractivity contribution in [3.63, 3.8) is 0 Å². The predicted molar refractivity (Wildman–Crippen MR) is 118 cm³/mol. The van der Waals surface area contributed by atoms with Gasteiger partial charge in [0.1, 0.15) is 0 Å². The average Bonchev–Trinajstić information content (AvgIpc) is 3.40. The van der Waals surface area contributed by atoms with Gasteiger partial charge in [-0.1, -0.05) is 66.7 Å². The maximum Gasteiger partial charge on any atom is 0.227 e. The maximum atomic E-state index is 13.3. The number of likely N-dealkylation sites (N-methyl/N-ethyl adjacent to an activating group) is 1. The van der Waals surface area contributed by atoms with Gasteiger partial charge in [0.2, 0.25) is 5.91 Å². The van der Waals surface area contributed by atoms with Gasteiger partial charge in [-0.2, -0.15) is 0 Å². The van der Waals surface area contributed by atoms with E-state index in [1.54, 1.807) is 0 Å². The molecule has 3 aromatic carbocycles. The Morgan fingerprint density at radius 3 is 2.52 bits per heavy atom. The zero-order valence-corrected chi connectivity index (χ0v) is 17.1. The van der Waals surface area contributed by atoms with Gasteiger partial charge in [0, 0.05) is 13.1 Å². The highest BCUT2D eigenvalue weighted by Gasteiger charge is 2.40. The van der Waals surface area contributed by atoms with Gasteiger partial charge in [0.15, 0.2) is 0 Å². The molecule has 2 unspecified atom stereocenters. The summed E-state index contributed by atoms with van der Waals surface area (Å²) in [5.74, 6) is 0.200. The van der Waals surface area contributed by atoms with E-state index in [0.717, 1.165) is 25.1 Å². The lowest BCUT2D eigenvalue weighted by molar-refractivity contribution is -0.132. The van der Waals surface area contributed by atoms with E-state index < -0.39 is 0 Å². The molecule has 2 atom stereocenters. The second-order valence-corrected chi connectivity index (χ2v) is 8.52. The van der Waals surface area contributed by atoms with Crippen LogP contribution in [0.2, 0.25) is 0 Å². The highest BCUT2D eigenvalue weighted by Crippen LogP contribution is 2.39. The first-order valence-electron chi connectivity index (χ1n) is 10.8. The SMILES string of the molecule is CN(C(=O)Cc1ccc2ccccc2c1)C1c2ccccc2CC1N1CCCC1. The molecule has 2 aliphatic rings. The minimum absolute atomic E-state index is 0.150. The van der Waals surface area contributed by atoms with Crippen LogP contribution in [0.3, 0.4) is 0 Å². The predicted octanol–water partition coefficient (Wildman–Crippen LogP) is 4.60. The van der Waals surface area contributed by atoms with Gasteiger partial charge in [0.05, 0.1) is 12.5 Å². The zero-order chi connectivity index (χ0) is 19.8. The summed E-state index contributed by atoms with van der Waals surface area (Å²) in [5, 5.41) is 2.41. The molecule has 1 heterocycles. The molecule has 3 aromatic rings. The van der Waals surface area contributed by atoms with Crippen LogP contribution in [-0.4, -0.2) is 41.9 Å². The van der Waals surface area contributed by atoms with Crippen LogP contribution in [0.1, 0.15) is 35.6 Å². The summed E-state index contributed by atoms with van der Waals surface area (Å²) in [7, 11) is 2.00. The van der Waals surface area contributed by atoms with Gasteiger partial charge in [-0.05, 0) is 59.8 Å². The molecule has 1 aliphatic heterocycles. The minimum atomic E-state index is 0.150. The number of hydrogen-bond donors (Lipinski definition) is 0. The third kappa shape index (κ3) is 3.44. The summed E-state index contributed by atoms with van der Waals surface area (Å²) < 4.78 is 0. The van der Waals surface area contributed by atoms with Crippen LogP contribution < -0.4 is 0 Å². The number of fused-ring (bicyclic) bond motifs is 2. The number of carbonyl (C=O) groups excluding carboxylic acids is 1. The van der Waals surface area contributed by atoms with Gasteiger partial charge in [-0.15, -0.1) is 0 Å². The molecule has 1 aliphatic carbocycles. The second-order valence-electron chi connectivity index (χ2n) is 8.52. The third-order valence-corrected chi connectivity index (χ3v) is 6.76. The van der Waals surface area contributed by atoms with E-state index in [4.69, 9.17) is 0 Å². The van der Waals surface area contributed by atoms with E-state index in [1.165, 1.54) is 34.7 Å². The Hall–Kier alpha value is -2.65. The van der Waals surface area contributed by atoms with E-state index >= 15 is 0 Å². The molecule has 1 fully saturated rings. The number of rotatable bonds is 4. The van der Waals surface area contributed by atoms with Gasteiger partial charge in [0.25, 0.3) is 0 Å². The zero-order valence-electron chi connectivity index (χ0n) is 17.1. The Labute approximate surface area is 172 Å². The fourth-order valence-corrected chi connectivity index (χ4v) is 5.22. The molecule has 148 valence electrons. The third-order valence-electron chi connectivity index (χ3n) is 6.76. The van der Waals surface area contributed by atoms with Crippen molar-refractivity contribution in [2.45, 2.75) is 37.8 Å². The van der Waals surface area contributed by atoms with Crippen molar-refractivity contribution in [3.8, 4) is 0 Å². The highest BCUT2D eigenvalue weighted by atomic mass is 16.2. The molecule has 0 aromatic heterocycles. The van der Waals surface area contributed by atoms with Gasteiger partial charge in [-0.25, -0.2) is 0 Å². The second kappa shape index (κ2) is 7.64. The minimum Gasteiger partial charge on any atom is -0.337 e. The Morgan fingerprint density at radius 2 is 1.69 bits per heavy atom. The largest absolute Gasteiger partial charge is 0.337 e. The summed E-state index contributed by atoms with van der Waals surface area (Å²) in [6, 6.07) is 23.9. The Balaban J connectivity index is 1.40. The topological polar surface area (TPSA) is 23.6 Å². The summed E-state index contributed by atoms with van der Waals surface area (Å²) in [6.07, 6.45) is 4.05. The van der Waals surface area contributed by atoms with E-state index in [0.29, 0.717) is 12.5 Å². The first kappa shape index (κ1) is 18.4. The number of nitrogens with zero attached hydrogens (tertiary/aromatic N) is 2. The van der Waals surface area contributed by atoms with E-state index in [-0.39, 0.29) is 11.9 Å². The summed E-state index contributed by atoms with van der Waals surface area (Å²) in [4.78, 5) is 17.9. The molecule has 3 nitrogen and oxygen atoms in total. The number of likely N-dealkylation sites (tertiary alicyclic amines) is 1. The summed E-state index contributed by atoms with van der Waals surface area (Å²) in [5.41, 5.74) is 3.82. The van der Waals surface area contributed by atoms with E-state index in [2.05, 4.69) is 71.6 Å². The number of carbonyl (C=O) groups is 1. The first-order chi connectivity index (χ1) is 14.2. The fourth-order valence-electron chi connectivity index (χ4n) is 5.22. The maximum absolute atomic E-state index is 13.3. The molecule has 1 amide bonds. The molecule has 3 heteroatoms. The quantitative estimate of drug-likeness (QED) is 0.656. The smallest absolute Gasteiger partial charge is 0.227 e. The highest BCUT2D eigenvalue weighted by molar-refractivity contribution is 5.85. The average molecular weight is 385 g/mol. The van der Waals surface area contributed by atoms with Crippen LogP contribution in [0.5, 0.6) is 0 Å². The molecule has 0 saturated carbocycles. The molecule has 0 N–H and O–H groups in total. The van der Waals surface area contributed by atoms with Crippen molar-refractivity contribution in [2.75, 3.05) is 20.1 Å². The van der Waals surface area contributed by atoms with Gasteiger partial charge in [-0.3, -0.25) is 9.69 Å². The van der Waals surface area contributed by atoms with Crippen molar-refractivity contribution in [1.82, 2.24) is 9.80 Å². The molecule has 5 rings (SSSR count). The van der Waals surface area contributed by atoms with Crippen LogP contribution in [0.25, 0.3) is 10.8 Å². The number of benzene rings is 3. The Morgan fingerprint density at radius 1 is 0.966 bits per heavy atom. The van der Waals surface area contributed by atoms with Crippen LogP contribution >= 0.6 is 0 Å². The number of hydrogen-bond acceptors (Lipinski definition) is 2. The van der Waals surface area contributed by atoms with Crippen molar-refractivity contribution < 1.29 is 4.79 Å². The van der Waals surface area contributed by atoms with Crippen LogP contribution in [0.4, 0.5) is 0 Å². The Bertz CT molecular complexity index is 1040. The van der Waals surface area contributed by atoms with Crippen molar-refractivity contribution in [2.24, 2.45) is 0 Å². The van der Waals surface area contributed by atoms with E-state index in [9.17, 15) is 4.79 Å². The molecule has 1 saturated heterocycles. The molecule has 29 heavy (non-hydrogen) atoms. The van der Waals surface area contributed by atoms with Crippen LogP contribution in [0.15, 0.2) is 66.7 Å². The van der Waals surface area contributed by atoms with Crippen molar-refractivity contribution in [1.29, 1.82) is 0 Å². The lowest BCUT2D eigenvalue weighted by Gasteiger charge is -2.35. The lowest BCUT2D eigenvalue weighted by Crippen LogP contribution is -2.44. The summed E-state index contributed by atoms with van der Waals surface area (Å²) >= 11 is 0. The molecule has 0 bridgehead atoms. The molecular formula is C26H28N2O. The van der Waals surface area contributed by atoms with Gasteiger partial charge < -0.3 is 4.90 Å². The lowest BCUT2D eigenvalue weighted by atomic mass is 10.0. The Kier molecular flexibility index (Phi) is 4.84. The monoisotopic (exact) mass is 384 g/mol. The normalized spacial score (nSPS) is 21.4.